The number of para-hydroxylation sites is 1. The Morgan fingerprint density at radius 3 is 2.61 bits per heavy atom. The Balaban J connectivity index is 1.36. The molecule has 2 heterocycles. The summed E-state index contributed by atoms with van der Waals surface area (Å²) in [5.41, 5.74) is 3.96. The first-order valence-electron chi connectivity index (χ1n) is 10.4. The van der Waals surface area contributed by atoms with Crippen molar-refractivity contribution in [3.63, 3.8) is 0 Å². The summed E-state index contributed by atoms with van der Waals surface area (Å²) in [6.07, 6.45) is 3.12. The third-order valence-corrected chi connectivity index (χ3v) is 7.22. The van der Waals surface area contributed by atoms with Crippen LogP contribution in [0.3, 0.4) is 0 Å². The van der Waals surface area contributed by atoms with Gasteiger partial charge in [-0.2, -0.15) is 0 Å². The van der Waals surface area contributed by atoms with Crippen LogP contribution in [0.2, 0.25) is 0 Å². The number of aryl methyl sites for hydroxylation is 1. The molecule has 4 nitrogen and oxygen atoms in total. The van der Waals surface area contributed by atoms with Gasteiger partial charge in [0.05, 0.1) is 0 Å². The van der Waals surface area contributed by atoms with Gasteiger partial charge >= 0.3 is 0 Å². The van der Waals surface area contributed by atoms with Crippen molar-refractivity contribution in [1.29, 1.82) is 0 Å². The molecular formula is C24H29N3O. The number of carbonyl (C=O) groups excluding carboxylic acids is 1. The quantitative estimate of drug-likeness (QED) is 0.692. The number of piperidine rings is 1. The molecule has 0 unspecified atom stereocenters. The highest BCUT2D eigenvalue weighted by Gasteiger charge is 2.41. The van der Waals surface area contributed by atoms with Crippen molar-refractivity contribution in [2.24, 2.45) is 18.9 Å². The Bertz CT molecular complexity index is 1050. The summed E-state index contributed by atoms with van der Waals surface area (Å²) in [4.78, 5) is 16.5. The van der Waals surface area contributed by atoms with E-state index in [0.717, 1.165) is 25.9 Å². The molecule has 1 saturated carbocycles. The third kappa shape index (κ3) is 2.82. The van der Waals surface area contributed by atoms with E-state index in [-0.39, 0.29) is 0 Å². The number of aromatic nitrogens is 1. The monoisotopic (exact) mass is 375 g/mol. The average Bonchev–Trinajstić information content (AvgIpc) is 3.22. The Labute approximate surface area is 166 Å². The number of amides is 1. The van der Waals surface area contributed by atoms with Gasteiger partial charge in [-0.05, 0) is 49.4 Å². The lowest BCUT2D eigenvalue weighted by atomic mass is 9.88. The maximum atomic E-state index is 12.0. The number of likely N-dealkylation sites (tertiary alicyclic amines) is 1. The number of benzene rings is 2. The van der Waals surface area contributed by atoms with Gasteiger partial charge in [-0.1, -0.05) is 30.3 Å². The van der Waals surface area contributed by atoms with Gasteiger partial charge in [0.25, 0.3) is 0 Å². The zero-order valence-electron chi connectivity index (χ0n) is 17.1. The van der Waals surface area contributed by atoms with Gasteiger partial charge in [0.1, 0.15) is 0 Å². The van der Waals surface area contributed by atoms with Gasteiger partial charge in [-0.25, -0.2) is 0 Å². The van der Waals surface area contributed by atoms with Crippen LogP contribution in [0, 0.1) is 11.8 Å². The number of nitrogens with zero attached hydrogens (tertiary/aromatic N) is 3. The molecule has 1 aromatic heterocycles. The van der Waals surface area contributed by atoms with Gasteiger partial charge < -0.3 is 9.47 Å². The molecule has 1 aliphatic carbocycles. The van der Waals surface area contributed by atoms with E-state index in [4.69, 9.17) is 0 Å². The van der Waals surface area contributed by atoms with Crippen molar-refractivity contribution in [1.82, 2.24) is 14.4 Å². The van der Waals surface area contributed by atoms with Gasteiger partial charge in [-0.3, -0.25) is 9.69 Å². The summed E-state index contributed by atoms with van der Waals surface area (Å²) in [5.74, 6) is 1.58. The van der Waals surface area contributed by atoms with E-state index >= 15 is 0 Å². The van der Waals surface area contributed by atoms with Crippen LogP contribution in [0.15, 0.2) is 42.5 Å². The first kappa shape index (κ1) is 17.7. The molecule has 0 N–H and O–H groups in total. The number of hydrogen-bond donors (Lipinski definition) is 0. The highest BCUT2D eigenvalue weighted by atomic mass is 16.2. The van der Waals surface area contributed by atoms with Gasteiger partial charge in [0.15, 0.2) is 0 Å². The van der Waals surface area contributed by atoms with Crippen molar-refractivity contribution in [2.75, 3.05) is 20.6 Å². The summed E-state index contributed by atoms with van der Waals surface area (Å²) in [5, 5.41) is 2.66. The molecule has 146 valence electrons. The standard InChI is InChI=1S/C24H29N3O/c1-25(19-11-17-13-24(28)26(2)15-18(17)12-19)14-16-8-9-21-20-6-4-5-7-22(20)27(3)23(21)10-16/h4-10,17-19H,11-15H2,1-3H3/t17-,18+,19-/m1/s1. The minimum Gasteiger partial charge on any atom is -0.345 e. The molecule has 1 amide bonds. The molecule has 0 spiro atoms. The van der Waals surface area contributed by atoms with Crippen LogP contribution >= 0.6 is 0 Å². The van der Waals surface area contributed by atoms with Crippen molar-refractivity contribution in [2.45, 2.75) is 31.8 Å². The molecule has 4 heteroatoms. The fourth-order valence-electron chi connectivity index (χ4n) is 5.57. The SMILES string of the molecule is CN1C[C@@H]2C[C@H](N(C)Cc3ccc4c5ccccc5n(C)c4c3)C[C@@H]2CC1=O. The van der Waals surface area contributed by atoms with Crippen LogP contribution in [-0.4, -0.2) is 47.0 Å². The number of fused-ring (bicyclic) bond motifs is 4. The molecule has 2 fully saturated rings. The van der Waals surface area contributed by atoms with Crippen molar-refractivity contribution < 1.29 is 4.79 Å². The minimum absolute atomic E-state index is 0.325. The molecule has 2 aliphatic rings. The van der Waals surface area contributed by atoms with E-state index in [1.807, 2.05) is 11.9 Å². The topological polar surface area (TPSA) is 28.5 Å². The van der Waals surface area contributed by atoms with Crippen molar-refractivity contribution in [3.8, 4) is 0 Å². The zero-order valence-corrected chi connectivity index (χ0v) is 17.1. The zero-order chi connectivity index (χ0) is 19.4. The van der Waals surface area contributed by atoms with Crippen LogP contribution in [0.1, 0.15) is 24.8 Å². The molecule has 2 aromatic carbocycles. The molecule has 3 aromatic rings. The highest BCUT2D eigenvalue weighted by molar-refractivity contribution is 6.08. The van der Waals surface area contributed by atoms with E-state index in [1.165, 1.54) is 33.8 Å². The van der Waals surface area contributed by atoms with Gasteiger partial charge in [-0.15, -0.1) is 0 Å². The predicted molar refractivity (Wildman–Crippen MR) is 114 cm³/mol. The summed E-state index contributed by atoms with van der Waals surface area (Å²) in [7, 11) is 6.36. The molecule has 0 radical (unpaired) electrons. The highest BCUT2D eigenvalue weighted by Crippen LogP contribution is 2.40. The Hall–Kier alpha value is -2.33. The molecule has 0 bridgehead atoms. The number of hydrogen-bond acceptors (Lipinski definition) is 2. The molecule has 28 heavy (non-hydrogen) atoms. The Morgan fingerprint density at radius 2 is 1.75 bits per heavy atom. The summed E-state index contributed by atoms with van der Waals surface area (Å²) in [6.45, 7) is 1.90. The van der Waals surface area contributed by atoms with Crippen LogP contribution in [-0.2, 0) is 18.4 Å². The second-order valence-electron chi connectivity index (χ2n) is 8.97. The van der Waals surface area contributed by atoms with Crippen molar-refractivity contribution >= 4 is 27.7 Å². The van der Waals surface area contributed by atoms with Crippen LogP contribution in [0.25, 0.3) is 21.8 Å². The fraction of sp³-hybridized carbons (Fsp3) is 0.458. The van der Waals surface area contributed by atoms with E-state index in [0.29, 0.717) is 23.8 Å². The normalized spacial score (nSPS) is 25.2. The molecule has 5 rings (SSSR count). The lowest BCUT2D eigenvalue weighted by Crippen LogP contribution is -2.39. The summed E-state index contributed by atoms with van der Waals surface area (Å²) < 4.78 is 2.31. The summed E-state index contributed by atoms with van der Waals surface area (Å²) >= 11 is 0. The third-order valence-electron chi connectivity index (χ3n) is 7.22. The van der Waals surface area contributed by atoms with E-state index < -0.39 is 0 Å². The van der Waals surface area contributed by atoms with E-state index in [9.17, 15) is 4.79 Å². The Morgan fingerprint density at radius 1 is 1.00 bits per heavy atom. The maximum Gasteiger partial charge on any atom is 0.222 e. The maximum absolute atomic E-state index is 12.0. The van der Waals surface area contributed by atoms with Crippen LogP contribution in [0.5, 0.6) is 0 Å². The Kier molecular flexibility index (Phi) is 4.20. The molecular weight excluding hydrogens is 346 g/mol. The fourth-order valence-corrected chi connectivity index (χ4v) is 5.57. The van der Waals surface area contributed by atoms with Gasteiger partial charge in [0, 0.05) is 61.5 Å². The smallest absolute Gasteiger partial charge is 0.222 e. The second kappa shape index (κ2) is 6.63. The molecule has 1 aliphatic heterocycles. The van der Waals surface area contributed by atoms with Crippen molar-refractivity contribution in [3.05, 3.63) is 48.0 Å². The lowest BCUT2D eigenvalue weighted by molar-refractivity contribution is -0.134. The minimum atomic E-state index is 0.325. The first-order chi connectivity index (χ1) is 13.5. The lowest BCUT2D eigenvalue weighted by Gasteiger charge is -2.31. The second-order valence-corrected chi connectivity index (χ2v) is 8.97. The van der Waals surface area contributed by atoms with Gasteiger partial charge in [0.2, 0.25) is 5.91 Å². The molecule has 3 atom stereocenters. The van der Waals surface area contributed by atoms with E-state index in [2.05, 4.69) is 66.0 Å². The first-order valence-corrected chi connectivity index (χ1v) is 10.4. The summed E-state index contributed by atoms with van der Waals surface area (Å²) in [6, 6.07) is 16.1. The number of carbonyl (C=O) groups is 1. The molecule has 1 saturated heterocycles. The largest absolute Gasteiger partial charge is 0.345 e. The van der Waals surface area contributed by atoms with Crippen LogP contribution in [0.4, 0.5) is 0 Å². The average molecular weight is 376 g/mol. The predicted octanol–water partition coefficient (Wildman–Crippen LogP) is 4.02. The number of rotatable bonds is 3. The van der Waals surface area contributed by atoms with E-state index in [1.54, 1.807) is 0 Å². The van der Waals surface area contributed by atoms with Crippen LogP contribution < -0.4 is 0 Å².